The van der Waals surface area contributed by atoms with E-state index in [2.05, 4.69) is 10.3 Å². The van der Waals surface area contributed by atoms with Crippen LogP contribution in [0.2, 0.25) is 0 Å². The lowest BCUT2D eigenvalue weighted by Crippen LogP contribution is -2.39. The molecule has 1 fully saturated rings. The van der Waals surface area contributed by atoms with Gasteiger partial charge in [-0.25, -0.2) is 0 Å². The van der Waals surface area contributed by atoms with Crippen LogP contribution in [-0.4, -0.2) is 28.1 Å². The van der Waals surface area contributed by atoms with Crippen LogP contribution < -0.4 is 5.32 Å². The molecule has 1 saturated carbocycles. The fraction of sp³-hybridized carbons (Fsp3) is 0.538. The lowest BCUT2D eigenvalue weighted by molar-refractivity contribution is 0.0901. The van der Waals surface area contributed by atoms with E-state index >= 15 is 0 Å². The molecule has 0 unspecified atom stereocenters. The predicted octanol–water partition coefficient (Wildman–Crippen LogP) is 1.67. The molecule has 0 radical (unpaired) electrons. The first-order valence-electron chi connectivity index (χ1n) is 6.01. The summed E-state index contributed by atoms with van der Waals surface area (Å²) in [5.74, 6) is -0.207. The average Bonchev–Trinajstić information content (AvgIpc) is 3.13. The third-order valence-electron chi connectivity index (χ3n) is 2.68. The Morgan fingerprint density at radius 3 is 2.53 bits per heavy atom. The molecule has 1 aliphatic carbocycles. The van der Waals surface area contributed by atoms with Gasteiger partial charge in [-0.2, -0.15) is 0 Å². The van der Waals surface area contributed by atoms with Crippen LogP contribution in [-0.2, 0) is 0 Å². The van der Waals surface area contributed by atoms with Gasteiger partial charge in [0.15, 0.2) is 0 Å². The molecule has 0 spiro atoms. The van der Waals surface area contributed by atoms with Gasteiger partial charge in [-0.15, -0.1) is 0 Å². The Balaban J connectivity index is 0.000000686. The summed E-state index contributed by atoms with van der Waals surface area (Å²) in [6, 6.07) is 3.54. The molecule has 0 bridgehead atoms. The van der Waals surface area contributed by atoms with Crippen LogP contribution in [0.1, 0.15) is 42.7 Å². The van der Waals surface area contributed by atoms with E-state index in [1.807, 2.05) is 26.8 Å². The Bertz CT molecular complexity index is 370. The fourth-order valence-corrected chi connectivity index (χ4v) is 1.38. The van der Waals surface area contributed by atoms with Crippen LogP contribution in [0.15, 0.2) is 18.3 Å². The SMILES string of the molecule is CC.Cc1ccc(C(=O)NC2(CO)CC2)nc1. The van der Waals surface area contributed by atoms with Gasteiger partial charge in [-0.3, -0.25) is 9.78 Å². The lowest BCUT2D eigenvalue weighted by atomic mass is 10.2. The first-order chi connectivity index (χ1) is 8.15. The minimum atomic E-state index is -0.371. The fourth-order valence-electron chi connectivity index (χ4n) is 1.38. The molecule has 1 aromatic rings. The molecule has 0 atom stereocenters. The van der Waals surface area contributed by atoms with Gasteiger partial charge in [0.25, 0.3) is 5.91 Å². The number of hydrogen-bond acceptors (Lipinski definition) is 3. The maximum absolute atomic E-state index is 11.7. The molecule has 4 heteroatoms. The van der Waals surface area contributed by atoms with Crippen molar-refractivity contribution in [3.63, 3.8) is 0 Å². The van der Waals surface area contributed by atoms with Crippen LogP contribution >= 0.6 is 0 Å². The summed E-state index contributed by atoms with van der Waals surface area (Å²) >= 11 is 0. The number of carbonyl (C=O) groups is 1. The molecule has 2 N–H and O–H groups in total. The zero-order chi connectivity index (χ0) is 12.9. The highest BCUT2D eigenvalue weighted by molar-refractivity contribution is 5.93. The third-order valence-corrected chi connectivity index (χ3v) is 2.68. The van der Waals surface area contributed by atoms with E-state index in [-0.39, 0.29) is 18.1 Å². The smallest absolute Gasteiger partial charge is 0.270 e. The molecule has 0 saturated heterocycles. The molecule has 94 valence electrons. The Hall–Kier alpha value is -1.42. The first-order valence-corrected chi connectivity index (χ1v) is 6.01. The molecule has 17 heavy (non-hydrogen) atoms. The van der Waals surface area contributed by atoms with Crippen LogP contribution in [0.3, 0.4) is 0 Å². The molecule has 1 heterocycles. The molecule has 1 aliphatic rings. The van der Waals surface area contributed by atoms with E-state index in [1.165, 1.54) is 0 Å². The second-order valence-electron chi connectivity index (χ2n) is 4.11. The van der Waals surface area contributed by atoms with Gasteiger partial charge < -0.3 is 10.4 Å². The number of aromatic nitrogens is 1. The minimum Gasteiger partial charge on any atom is -0.394 e. The Morgan fingerprint density at radius 2 is 2.12 bits per heavy atom. The van der Waals surface area contributed by atoms with Gasteiger partial charge >= 0.3 is 0 Å². The van der Waals surface area contributed by atoms with E-state index in [0.29, 0.717) is 5.69 Å². The maximum Gasteiger partial charge on any atom is 0.270 e. The highest BCUT2D eigenvalue weighted by Gasteiger charge is 2.43. The van der Waals surface area contributed by atoms with Gasteiger partial charge in [0, 0.05) is 6.20 Å². The predicted molar refractivity (Wildman–Crippen MR) is 66.8 cm³/mol. The van der Waals surface area contributed by atoms with Crippen molar-refractivity contribution in [3.05, 3.63) is 29.6 Å². The molecule has 1 amide bonds. The van der Waals surface area contributed by atoms with Gasteiger partial charge in [-0.1, -0.05) is 19.9 Å². The number of carbonyl (C=O) groups excluding carboxylic acids is 1. The van der Waals surface area contributed by atoms with Crippen molar-refractivity contribution in [1.29, 1.82) is 0 Å². The summed E-state index contributed by atoms with van der Waals surface area (Å²) in [7, 11) is 0. The van der Waals surface area contributed by atoms with Crippen LogP contribution in [0, 0.1) is 6.92 Å². The van der Waals surface area contributed by atoms with Crippen molar-refractivity contribution in [1.82, 2.24) is 10.3 Å². The monoisotopic (exact) mass is 236 g/mol. The quantitative estimate of drug-likeness (QED) is 0.839. The highest BCUT2D eigenvalue weighted by atomic mass is 16.3. The normalized spacial score (nSPS) is 15.5. The number of nitrogens with one attached hydrogen (secondary N) is 1. The number of amides is 1. The summed E-state index contributed by atoms with van der Waals surface area (Å²) in [5, 5.41) is 11.9. The largest absolute Gasteiger partial charge is 0.394 e. The maximum atomic E-state index is 11.7. The number of aliphatic hydroxyl groups excluding tert-OH is 1. The highest BCUT2D eigenvalue weighted by Crippen LogP contribution is 2.34. The van der Waals surface area contributed by atoms with Crippen LogP contribution in [0.5, 0.6) is 0 Å². The van der Waals surface area contributed by atoms with Crippen LogP contribution in [0.25, 0.3) is 0 Å². The minimum absolute atomic E-state index is 0.00456. The Labute approximate surface area is 102 Å². The molecule has 0 aliphatic heterocycles. The first kappa shape index (κ1) is 13.6. The number of nitrogens with zero attached hydrogens (tertiary/aromatic N) is 1. The van der Waals surface area contributed by atoms with Crippen molar-refractivity contribution in [2.75, 3.05) is 6.61 Å². The number of pyridine rings is 1. The van der Waals surface area contributed by atoms with Gasteiger partial charge in [0.05, 0.1) is 12.1 Å². The van der Waals surface area contributed by atoms with Gasteiger partial charge in [0.2, 0.25) is 0 Å². The molecular formula is C13H20N2O2. The summed E-state index contributed by atoms with van der Waals surface area (Å²) in [6.45, 7) is 5.93. The number of aryl methyl sites for hydroxylation is 1. The zero-order valence-corrected chi connectivity index (χ0v) is 10.7. The van der Waals surface area contributed by atoms with E-state index < -0.39 is 0 Å². The third kappa shape index (κ3) is 3.53. The molecule has 0 aromatic carbocycles. The van der Waals surface area contributed by atoms with Crippen molar-refractivity contribution in [2.24, 2.45) is 0 Å². The average molecular weight is 236 g/mol. The van der Waals surface area contributed by atoms with E-state index in [9.17, 15) is 4.79 Å². The standard InChI is InChI=1S/C11H14N2O2.C2H6/c1-8-2-3-9(12-6-8)10(15)13-11(7-14)4-5-11;1-2/h2-3,6,14H,4-5,7H2,1H3,(H,13,15);1-2H3. The topological polar surface area (TPSA) is 62.2 Å². The molecule has 2 rings (SSSR count). The summed E-state index contributed by atoms with van der Waals surface area (Å²) in [4.78, 5) is 15.7. The number of hydrogen-bond donors (Lipinski definition) is 2. The Kier molecular flexibility index (Phi) is 4.63. The van der Waals surface area contributed by atoms with E-state index in [4.69, 9.17) is 5.11 Å². The van der Waals surface area contributed by atoms with Gasteiger partial charge in [-0.05, 0) is 31.4 Å². The number of aliphatic hydroxyl groups is 1. The number of rotatable bonds is 3. The molecule has 1 aromatic heterocycles. The zero-order valence-electron chi connectivity index (χ0n) is 10.7. The summed E-state index contributed by atoms with van der Waals surface area (Å²) < 4.78 is 0. The van der Waals surface area contributed by atoms with Crippen molar-refractivity contribution < 1.29 is 9.90 Å². The second kappa shape index (κ2) is 5.77. The van der Waals surface area contributed by atoms with Gasteiger partial charge in [0.1, 0.15) is 5.69 Å². The van der Waals surface area contributed by atoms with E-state index in [0.717, 1.165) is 18.4 Å². The lowest BCUT2D eigenvalue weighted by Gasteiger charge is -2.13. The van der Waals surface area contributed by atoms with Crippen molar-refractivity contribution in [3.8, 4) is 0 Å². The molecule has 4 nitrogen and oxygen atoms in total. The van der Waals surface area contributed by atoms with Crippen molar-refractivity contribution in [2.45, 2.75) is 39.2 Å². The van der Waals surface area contributed by atoms with E-state index in [1.54, 1.807) is 12.3 Å². The second-order valence-corrected chi connectivity index (χ2v) is 4.11. The summed E-state index contributed by atoms with van der Waals surface area (Å²) in [5.41, 5.74) is 1.05. The van der Waals surface area contributed by atoms with Crippen LogP contribution in [0.4, 0.5) is 0 Å². The molecular weight excluding hydrogens is 216 g/mol. The van der Waals surface area contributed by atoms with Crippen molar-refractivity contribution >= 4 is 5.91 Å². The summed E-state index contributed by atoms with van der Waals surface area (Å²) in [6.07, 6.45) is 3.36. The Morgan fingerprint density at radius 1 is 1.47 bits per heavy atom.